The molecule has 2 heterocycles. The average Bonchev–Trinajstić information content (AvgIpc) is 3.18. The van der Waals surface area contributed by atoms with E-state index in [9.17, 15) is 9.90 Å². The lowest BCUT2D eigenvalue weighted by molar-refractivity contribution is 0.220. The Balaban J connectivity index is 1.81. The van der Waals surface area contributed by atoms with Crippen LogP contribution in [0.15, 0.2) is 77.5 Å². The molecule has 6 heteroatoms. The van der Waals surface area contributed by atoms with Crippen LogP contribution in [0.4, 0.5) is 10.6 Å². The zero-order valence-electron chi connectivity index (χ0n) is 13.6. The number of anilines is 1. The van der Waals surface area contributed by atoms with Crippen molar-refractivity contribution in [3.8, 4) is 0 Å². The SMILES string of the molecule is O=C(N[C@@H](CO)c1ccccc1)N(Cc1ccco1)c1ccccn1. The third-order valence-electron chi connectivity index (χ3n) is 3.75. The molecule has 2 aromatic heterocycles. The highest BCUT2D eigenvalue weighted by molar-refractivity contribution is 5.91. The van der Waals surface area contributed by atoms with Crippen molar-refractivity contribution in [3.05, 3.63) is 84.4 Å². The van der Waals surface area contributed by atoms with Crippen LogP contribution >= 0.6 is 0 Å². The highest BCUT2D eigenvalue weighted by Gasteiger charge is 2.22. The molecule has 2 amide bonds. The van der Waals surface area contributed by atoms with Crippen LogP contribution in [0.3, 0.4) is 0 Å². The average molecular weight is 337 g/mol. The van der Waals surface area contributed by atoms with E-state index >= 15 is 0 Å². The predicted molar refractivity (Wildman–Crippen MR) is 93.9 cm³/mol. The Hall–Kier alpha value is -3.12. The summed E-state index contributed by atoms with van der Waals surface area (Å²) in [5.74, 6) is 1.14. The summed E-state index contributed by atoms with van der Waals surface area (Å²) in [6, 6.07) is 17.4. The fraction of sp³-hybridized carbons (Fsp3) is 0.158. The topological polar surface area (TPSA) is 78.6 Å². The first-order valence-corrected chi connectivity index (χ1v) is 7.95. The van der Waals surface area contributed by atoms with Gasteiger partial charge in [-0.05, 0) is 29.8 Å². The number of pyridine rings is 1. The Morgan fingerprint density at radius 3 is 2.56 bits per heavy atom. The number of aromatic nitrogens is 1. The number of urea groups is 1. The molecule has 3 rings (SSSR count). The zero-order valence-corrected chi connectivity index (χ0v) is 13.6. The minimum absolute atomic E-state index is 0.202. The molecule has 0 saturated heterocycles. The number of amides is 2. The van der Waals surface area contributed by atoms with Gasteiger partial charge in [0.15, 0.2) is 0 Å². The van der Waals surface area contributed by atoms with E-state index in [0.717, 1.165) is 5.56 Å². The fourth-order valence-corrected chi connectivity index (χ4v) is 2.48. The van der Waals surface area contributed by atoms with Gasteiger partial charge >= 0.3 is 6.03 Å². The lowest BCUT2D eigenvalue weighted by Crippen LogP contribution is -2.42. The number of hydrogen-bond donors (Lipinski definition) is 2. The van der Waals surface area contributed by atoms with Crippen molar-refractivity contribution in [1.29, 1.82) is 0 Å². The Morgan fingerprint density at radius 2 is 1.92 bits per heavy atom. The van der Waals surface area contributed by atoms with Gasteiger partial charge in [-0.25, -0.2) is 9.78 Å². The van der Waals surface area contributed by atoms with Crippen LogP contribution in [0.5, 0.6) is 0 Å². The van der Waals surface area contributed by atoms with Gasteiger partial charge in [0.1, 0.15) is 11.6 Å². The smallest absolute Gasteiger partial charge is 0.324 e. The summed E-state index contributed by atoms with van der Waals surface area (Å²) >= 11 is 0. The predicted octanol–water partition coefficient (Wildman–Crippen LogP) is 3.12. The number of rotatable bonds is 6. The molecular formula is C19H19N3O3. The van der Waals surface area contributed by atoms with E-state index in [2.05, 4.69) is 10.3 Å². The second kappa shape index (κ2) is 8.12. The Labute approximate surface area is 145 Å². The van der Waals surface area contributed by atoms with Gasteiger partial charge in [-0.1, -0.05) is 36.4 Å². The number of benzene rings is 1. The first-order chi connectivity index (χ1) is 12.3. The van der Waals surface area contributed by atoms with E-state index in [1.165, 1.54) is 4.90 Å². The lowest BCUT2D eigenvalue weighted by Gasteiger charge is -2.24. The van der Waals surface area contributed by atoms with E-state index in [-0.39, 0.29) is 19.2 Å². The van der Waals surface area contributed by atoms with Gasteiger partial charge in [0.2, 0.25) is 0 Å². The molecule has 1 atom stereocenters. The van der Waals surface area contributed by atoms with Crippen LogP contribution in [0.2, 0.25) is 0 Å². The lowest BCUT2D eigenvalue weighted by atomic mass is 10.1. The van der Waals surface area contributed by atoms with Gasteiger partial charge in [-0.15, -0.1) is 0 Å². The molecule has 6 nitrogen and oxygen atoms in total. The minimum Gasteiger partial charge on any atom is -0.467 e. The van der Waals surface area contributed by atoms with Gasteiger partial charge in [0.05, 0.1) is 25.5 Å². The maximum Gasteiger partial charge on any atom is 0.324 e. The first-order valence-electron chi connectivity index (χ1n) is 7.95. The van der Waals surface area contributed by atoms with Crippen LogP contribution in [0.1, 0.15) is 17.4 Å². The molecule has 2 N–H and O–H groups in total. The molecule has 0 unspecified atom stereocenters. The van der Waals surface area contributed by atoms with Crippen LogP contribution in [0.25, 0.3) is 0 Å². The summed E-state index contributed by atoms with van der Waals surface area (Å²) < 4.78 is 5.35. The van der Waals surface area contributed by atoms with Crippen LogP contribution < -0.4 is 10.2 Å². The van der Waals surface area contributed by atoms with E-state index in [1.54, 1.807) is 36.7 Å². The highest BCUT2D eigenvalue weighted by atomic mass is 16.3. The van der Waals surface area contributed by atoms with Gasteiger partial charge in [-0.3, -0.25) is 4.90 Å². The quantitative estimate of drug-likeness (QED) is 0.724. The van der Waals surface area contributed by atoms with Crippen molar-refractivity contribution in [2.45, 2.75) is 12.6 Å². The maximum atomic E-state index is 12.8. The number of furan rings is 1. The van der Waals surface area contributed by atoms with Crippen molar-refractivity contribution in [1.82, 2.24) is 10.3 Å². The van der Waals surface area contributed by atoms with Gasteiger partial charge in [-0.2, -0.15) is 0 Å². The molecule has 0 saturated carbocycles. The highest BCUT2D eigenvalue weighted by Crippen LogP contribution is 2.17. The number of carbonyl (C=O) groups is 1. The van der Waals surface area contributed by atoms with E-state index in [1.807, 2.05) is 36.4 Å². The molecule has 128 valence electrons. The third kappa shape index (κ3) is 4.24. The van der Waals surface area contributed by atoms with E-state index in [4.69, 9.17) is 4.42 Å². The molecule has 25 heavy (non-hydrogen) atoms. The van der Waals surface area contributed by atoms with E-state index < -0.39 is 6.04 Å². The van der Waals surface area contributed by atoms with Gasteiger partial charge in [0.25, 0.3) is 0 Å². The van der Waals surface area contributed by atoms with Crippen LogP contribution in [0, 0.1) is 0 Å². The number of hydrogen-bond acceptors (Lipinski definition) is 4. The molecule has 0 aliphatic heterocycles. The normalized spacial score (nSPS) is 11.7. The fourth-order valence-electron chi connectivity index (χ4n) is 2.48. The van der Waals surface area contributed by atoms with Crippen molar-refractivity contribution in [2.75, 3.05) is 11.5 Å². The second-order valence-corrected chi connectivity index (χ2v) is 5.45. The molecule has 0 radical (unpaired) electrons. The summed E-state index contributed by atoms with van der Waals surface area (Å²) in [5, 5.41) is 12.5. The Bertz CT molecular complexity index is 776. The number of aliphatic hydroxyl groups excluding tert-OH is 1. The Morgan fingerprint density at radius 1 is 1.12 bits per heavy atom. The molecule has 1 aromatic carbocycles. The summed E-state index contributed by atoms with van der Waals surface area (Å²) in [6.45, 7) is 0.0371. The van der Waals surface area contributed by atoms with Crippen molar-refractivity contribution in [3.63, 3.8) is 0 Å². The number of carbonyl (C=O) groups excluding carboxylic acids is 1. The molecule has 0 fully saturated rings. The minimum atomic E-state index is -0.503. The van der Waals surface area contributed by atoms with E-state index in [0.29, 0.717) is 11.6 Å². The monoisotopic (exact) mass is 337 g/mol. The van der Waals surface area contributed by atoms with Crippen molar-refractivity contribution in [2.24, 2.45) is 0 Å². The first kappa shape index (κ1) is 16.7. The summed E-state index contributed by atoms with van der Waals surface area (Å²) in [7, 11) is 0. The molecule has 3 aromatic rings. The second-order valence-electron chi connectivity index (χ2n) is 5.45. The molecular weight excluding hydrogens is 318 g/mol. The third-order valence-corrected chi connectivity index (χ3v) is 3.75. The molecule has 0 aliphatic carbocycles. The Kier molecular flexibility index (Phi) is 5.43. The summed E-state index contributed by atoms with van der Waals surface area (Å²) in [6.07, 6.45) is 3.18. The summed E-state index contributed by atoms with van der Waals surface area (Å²) in [5.41, 5.74) is 0.831. The number of nitrogens with zero attached hydrogens (tertiary/aromatic N) is 2. The van der Waals surface area contributed by atoms with Crippen molar-refractivity contribution >= 4 is 11.8 Å². The van der Waals surface area contributed by atoms with Gasteiger partial charge in [0, 0.05) is 6.20 Å². The number of aliphatic hydroxyl groups is 1. The van der Waals surface area contributed by atoms with Crippen molar-refractivity contribution < 1.29 is 14.3 Å². The number of nitrogens with one attached hydrogen (secondary N) is 1. The van der Waals surface area contributed by atoms with Crippen LogP contribution in [-0.2, 0) is 6.54 Å². The zero-order chi connectivity index (χ0) is 17.5. The standard InChI is InChI=1S/C19H19N3O3/c23-14-17(15-7-2-1-3-8-15)21-19(24)22(13-16-9-6-12-25-16)18-10-4-5-11-20-18/h1-12,17,23H,13-14H2,(H,21,24)/t17-/m0/s1. The maximum absolute atomic E-state index is 12.8. The molecule has 0 spiro atoms. The molecule has 0 aliphatic rings. The van der Waals surface area contributed by atoms with Gasteiger partial charge < -0.3 is 14.8 Å². The largest absolute Gasteiger partial charge is 0.467 e. The summed E-state index contributed by atoms with van der Waals surface area (Å²) in [4.78, 5) is 18.6. The van der Waals surface area contributed by atoms with Crippen LogP contribution in [-0.4, -0.2) is 22.7 Å². The molecule has 0 bridgehead atoms.